The number of rotatable bonds is 3. The molecule has 0 aliphatic heterocycles. The zero-order valence-corrected chi connectivity index (χ0v) is 10.3. The van der Waals surface area contributed by atoms with Crippen molar-refractivity contribution in [2.45, 2.75) is 38.1 Å². The molecule has 1 aliphatic rings. The van der Waals surface area contributed by atoms with Crippen molar-refractivity contribution in [3.05, 3.63) is 16.6 Å². The minimum absolute atomic E-state index is 0.131. The monoisotopic (exact) mass is 252 g/mol. The van der Waals surface area contributed by atoms with Crippen molar-refractivity contribution in [3.8, 4) is 0 Å². The van der Waals surface area contributed by atoms with E-state index >= 15 is 0 Å². The Morgan fingerprint density at radius 2 is 2.06 bits per heavy atom. The third-order valence-electron chi connectivity index (χ3n) is 3.10. The number of hydrogen-bond donors (Lipinski definition) is 0. The van der Waals surface area contributed by atoms with E-state index in [1.165, 1.54) is 24.4 Å². The highest BCUT2D eigenvalue weighted by Crippen LogP contribution is 2.25. The maximum absolute atomic E-state index is 12.0. The standard InChI is InChI=1S/C11H16N4O3/c1-18-10(16)7-8-14-11(17)15(13-12-14)9-5-3-2-4-6-9/h7-9H,2-6H2,1H3/b8-7+. The average molecular weight is 252 g/mol. The van der Waals surface area contributed by atoms with E-state index in [4.69, 9.17) is 0 Å². The summed E-state index contributed by atoms with van der Waals surface area (Å²) < 4.78 is 6.89. The van der Waals surface area contributed by atoms with Gasteiger partial charge < -0.3 is 4.74 Å². The molecule has 7 heteroatoms. The van der Waals surface area contributed by atoms with Crippen molar-refractivity contribution < 1.29 is 9.53 Å². The molecular weight excluding hydrogens is 236 g/mol. The van der Waals surface area contributed by atoms with Gasteiger partial charge >= 0.3 is 11.7 Å². The quantitative estimate of drug-likeness (QED) is 0.581. The smallest absolute Gasteiger partial charge is 0.368 e. The van der Waals surface area contributed by atoms with Crippen LogP contribution < -0.4 is 5.69 Å². The molecule has 1 aromatic rings. The van der Waals surface area contributed by atoms with Crippen molar-refractivity contribution in [3.63, 3.8) is 0 Å². The number of carbonyl (C=O) groups is 1. The first-order valence-electron chi connectivity index (χ1n) is 6.02. The van der Waals surface area contributed by atoms with Crippen LogP contribution in [-0.4, -0.2) is 32.9 Å². The van der Waals surface area contributed by atoms with Crippen LogP contribution in [-0.2, 0) is 9.53 Å². The first kappa shape index (κ1) is 12.5. The van der Waals surface area contributed by atoms with Crippen molar-refractivity contribution in [2.75, 3.05) is 7.11 Å². The predicted molar refractivity (Wildman–Crippen MR) is 63.8 cm³/mol. The fourth-order valence-corrected chi connectivity index (χ4v) is 2.12. The molecule has 0 saturated heterocycles. The van der Waals surface area contributed by atoms with Gasteiger partial charge in [-0.25, -0.2) is 9.59 Å². The Labute approximate surface area is 104 Å². The van der Waals surface area contributed by atoms with Crippen LogP contribution in [0, 0.1) is 0 Å². The number of carbonyl (C=O) groups excluding carboxylic acids is 1. The molecule has 0 N–H and O–H groups in total. The number of ether oxygens (including phenoxy) is 1. The highest BCUT2D eigenvalue weighted by atomic mass is 16.5. The van der Waals surface area contributed by atoms with Gasteiger partial charge in [0.25, 0.3) is 0 Å². The Balaban J connectivity index is 2.15. The third kappa shape index (κ3) is 2.66. The summed E-state index contributed by atoms with van der Waals surface area (Å²) in [7, 11) is 1.27. The molecule has 1 aromatic heterocycles. The van der Waals surface area contributed by atoms with Crippen LogP contribution in [0.2, 0.25) is 0 Å². The van der Waals surface area contributed by atoms with Gasteiger partial charge in [-0.15, -0.1) is 0 Å². The maximum atomic E-state index is 12.0. The zero-order valence-electron chi connectivity index (χ0n) is 10.3. The first-order chi connectivity index (χ1) is 8.72. The topological polar surface area (TPSA) is 79.0 Å². The molecule has 0 atom stereocenters. The van der Waals surface area contributed by atoms with Gasteiger partial charge in [0.15, 0.2) is 0 Å². The van der Waals surface area contributed by atoms with E-state index in [1.54, 1.807) is 0 Å². The molecule has 0 radical (unpaired) electrons. The number of nitrogens with zero attached hydrogens (tertiary/aromatic N) is 4. The van der Waals surface area contributed by atoms with Gasteiger partial charge in [-0.1, -0.05) is 19.3 Å². The number of tetrazole rings is 1. The lowest BCUT2D eigenvalue weighted by Crippen LogP contribution is -2.28. The second kappa shape index (κ2) is 5.61. The zero-order chi connectivity index (χ0) is 13.0. The van der Waals surface area contributed by atoms with Crippen LogP contribution in [0.15, 0.2) is 10.9 Å². The first-order valence-corrected chi connectivity index (χ1v) is 6.02. The Bertz CT molecular complexity index is 497. The lowest BCUT2D eigenvalue weighted by Gasteiger charge is -2.19. The minimum Gasteiger partial charge on any atom is -0.466 e. The predicted octanol–water partition coefficient (Wildman–Crippen LogP) is 0.589. The van der Waals surface area contributed by atoms with Crippen LogP contribution in [0.3, 0.4) is 0 Å². The number of aromatic nitrogens is 4. The van der Waals surface area contributed by atoms with Gasteiger partial charge in [-0.3, -0.25) is 0 Å². The van der Waals surface area contributed by atoms with E-state index in [0.29, 0.717) is 0 Å². The summed E-state index contributed by atoms with van der Waals surface area (Å²) in [6, 6.07) is 0.131. The highest BCUT2D eigenvalue weighted by Gasteiger charge is 2.19. The summed E-state index contributed by atoms with van der Waals surface area (Å²) in [5.41, 5.74) is -0.318. The van der Waals surface area contributed by atoms with E-state index in [1.807, 2.05) is 0 Å². The molecule has 1 saturated carbocycles. The summed E-state index contributed by atoms with van der Waals surface area (Å²) in [5, 5.41) is 7.58. The van der Waals surface area contributed by atoms with E-state index in [-0.39, 0.29) is 11.7 Å². The Kier molecular flexibility index (Phi) is 3.91. The summed E-state index contributed by atoms with van der Waals surface area (Å²) >= 11 is 0. The van der Waals surface area contributed by atoms with Crippen LogP contribution in [0.25, 0.3) is 6.20 Å². The van der Waals surface area contributed by atoms with Crippen LogP contribution in [0.5, 0.6) is 0 Å². The molecule has 7 nitrogen and oxygen atoms in total. The Hall–Kier alpha value is -1.92. The highest BCUT2D eigenvalue weighted by molar-refractivity contribution is 5.84. The van der Waals surface area contributed by atoms with Crippen molar-refractivity contribution in [2.24, 2.45) is 0 Å². The van der Waals surface area contributed by atoms with Gasteiger partial charge in [0.05, 0.1) is 13.2 Å². The van der Waals surface area contributed by atoms with Gasteiger partial charge in [-0.2, -0.15) is 9.36 Å². The lowest BCUT2D eigenvalue weighted by molar-refractivity contribution is -0.134. The molecular formula is C11H16N4O3. The van der Waals surface area contributed by atoms with Crippen LogP contribution in [0.4, 0.5) is 0 Å². The third-order valence-corrected chi connectivity index (χ3v) is 3.10. The summed E-state index contributed by atoms with van der Waals surface area (Å²) in [6.07, 6.45) is 7.76. The van der Waals surface area contributed by atoms with Crippen LogP contribution in [0.1, 0.15) is 38.1 Å². The van der Waals surface area contributed by atoms with E-state index in [9.17, 15) is 9.59 Å². The van der Waals surface area contributed by atoms with Crippen molar-refractivity contribution in [1.29, 1.82) is 0 Å². The van der Waals surface area contributed by atoms with Gasteiger partial charge in [0.2, 0.25) is 0 Å². The molecule has 0 unspecified atom stereocenters. The molecule has 18 heavy (non-hydrogen) atoms. The SMILES string of the molecule is COC(=O)/C=C/n1nnn(C2CCCCC2)c1=O. The fraction of sp³-hybridized carbons (Fsp3) is 0.636. The van der Waals surface area contributed by atoms with Gasteiger partial charge in [0, 0.05) is 12.3 Å². The second-order valence-electron chi connectivity index (χ2n) is 4.28. The minimum atomic E-state index is -0.533. The normalized spacial score (nSPS) is 17.2. The average Bonchev–Trinajstić information content (AvgIpc) is 2.78. The van der Waals surface area contributed by atoms with Crippen LogP contribution >= 0.6 is 0 Å². The molecule has 98 valence electrons. The Morgan fingerprint density at radius 3 is 2.72 bits per heavy atom. The lowest BCUT2D eigenvalue weighted by atomic mass is 9.96. The largest absolute Gasteiger partial charge is 0.466 e. The fourth-order valence-electron chi connectivity index (χ4n) is 2.12. The molecule has 0 bridgehead atoms. The molecule has 0 amide bonds. The van der Waals surface area contributed by atoms with Crippen molar-refractivity contribution >= 4 is 12.2 Å². The molecule has 0 spiro atoms. The van der Waals surface area contributed by atoms with E-state index in [0.717, 1.165) is 36.4 Å². The Morgan fingerprint density at radius 1 is 1.33 bits per heavy atom. The second-order valence-corrected chi connectivity index (χ2v) is 4.28. The molecule has 0 aromatic carbocycles. The molecule has 1 fully saturated rings. The summed E-state index contributed by atoms with van der Waals surface area (Å²) in [6.45, 7) is 0. The maximum Gasteiger partial charge on any atom is 0.368 e. The number of hydrogen-bond acceptors (Lipinski definition) is 5. The van der Waals surface area contributed by atoms with Crippen molar-refractivity contribution in [1.82, 2.24) is 19.8 Å². The molecule has 2 rings (SSSR count). The molecule has 1 heterocycles. The van der Waals surface area contributed by atoms with E-state index in [2.05, 4.69) is 15.2 Å². The number of methoxy groups -OCH3 is 1. The van der Waals surface area contributed by atoms with Gasteiger partial charge in [-0.05, 0) is 23.3 Å². The molecule has 1 aliphatic carbocycles. The van der Waals surface area contributed by atoms with Gasteiger partial charge in [0.1, 0.15) is 0 Å². The summed E-state index contributed by atoms with van der Waals surface area (Å²) in [5.74, 6) is -0.533. The number of esters is 1. The summed E-state index contributed by atoms with van der Waals surface area (Å²) in [4.78, 5) is 22.9. The van der Waals surface area contributed by atoms with E-state index < -0.39 is 5.97 Å².